The molecule has 7 heteroatoms. The molecule has 0 radical (unpaired) electrons. The minimum atomic E-state index is -0.0671. The van der Waals surface area contributed by atoms with Crippen molar-refractivity contribution in [3.05, 3.63) is 22.7 Å². The van der Waals surface area contributed by atoms with Crippen LogP contribution in [-0.2, 0) is 0 Å². The summed E-state index contributed by atoms with van der Waals surface area (Å²) in [5.41, 5.74) is 0.499. The van der Waals surface area contributed by atoms with E-state index in [4.69, 9.17) is 26.2 Å². The Morgan fingerprint density at radius 1 is 1.27 bits per heavy atom. The average Bonchev–Trinajstić information content (AvgIpc) is 2.62. The molecule has 0 bridgehead atoms. The quantitative estimate of drug-likeness (QED) is 0.746. The van der Waals surface area contributed by atoms with E-state index in [1.165, 1.54) is 0 Å². The van der Waals surface area contributed by atoms with Gasteiger partial charge < -0.3 is 19.5 Å². The molecule has 0 aliphatic carbocycles. The maximum Gasteiger partial charge on any atom is 0.254 e. The van der Waals surface area contributed by atoms with Gasteiger partial charge in [0.2, 0.25) is 0 Å². The molecule has 0 saturated carbocycles. The molecule has 0 spiro atoms. The lowest BCUT2D eigenvalue weighted by atomic mass is 10.1. The van der Waals surface area contributed by atoms with Crippen molar-refractivity contribution in [3.63, 3.8) is 0 Å². The van der Waals surface area contributed by atoms with Crippen molar-refractivity contribution >= 4 is 17.5 Å². The van der Waals surface area contributed by atoms with E-state index in [0.717, 1.165) is 19.5 Å². The van der Waals surface area contributed by atoms with Crippen LogP contribution in [0.15, 0.2) is 12.1 Å². The lowest BCUT2D eigenvalue weighted by Gasteiger charge is -2.34. The number of carbonyl (C=O) groups excluding carboxylic acids is 1. The van der Waals surface area contributed by atoms with Crippen molar-refractivity contribution in [2.24, 2.45) is 5.92 Å². The number of ether oxygens (including phenoxy) is 2. The molecule has 146 valence electrons. The van der Waals surface area contributed by atoms with Crippen molar-refractivity contribution in [3.8, 4) is 11.5 Å². The topological polar surface area (TPSA) is 62.2 Å². The summed E-state index contributed by atoms with van der Waals surface area (Å²) in [5.74, 6) is 1.43. The van der Waals surface area contributed by atoms with E-state index < -0.39 is 0 Å². The SMILES string of the molecule is COc1cc(C(=O)N2CCN(CCO)CC2)cc(Cl)c1OCCC(C)C. The Morgan fingerprint density at radius 2 is 1.96 bits per heavy atom. The summed E-state index contributed by atoms with van der Waals surface area (Å²) < 4.78 is 11.2. The predicted molar refractivity (Wildman–Crippen MR) is 102 cm³/mol. The van der Waals surface area contributed by atoms with Gasteiger partial charge in [-0.2, -0.15) is 0 Å². The van der Waals surface area contributed by atoms with Gasteiger partial charge in [-0.25, -0.2) is 0 Å². The maximum absolute atomic E-state index is 12.8. The van der Waals surface area contributed by atoms with Crippen LogP contribution in [0.4, 0.5) is 0 Å². The van der Waals surface area contributed by atoms with Gasteiger partial charge in [-0.05, 0) is 24.5 Å². The molecule has 1 aromatic carbocycles. The highest BCUT2D eigenvalue weighted by Crippen LogP contribution is 2.37. The Balaban J connectivity index is 2.07. The molecule has 2 rings (SSSR count). The van der Waals surface area contributed by atoms with Crippen LogP contribution in [0, 0.1) is 5.92 Å². The van der Waals surface area contributed by atoms with E-state index in [0.29, 0.717) is 54.2 Å². The first-order valence-corrected chi connectivity index (χ1v) is 9.46. The van der Waals surface area contributed by atoms with Crippen LogP contribution in [-0.4, -0.2) is 73.9 Å². The summed E-state index contributed by atoms with van der Waals surface area (Å²) in [6, 6.07) is 3.34. The van der Waals surface area contributed by atoms with Gasteiger partial charge in [0.1, 0.15) is 0 Å². The lowest BCUT2D eigenvalue weighted by molar-refractivity contribution is 0.0614. The van der Waals surface area contributed by atoms with Gasteiger partial charge in [0, 0.05) is 38.3 Å². The van der Waals surface area contributed by atoms with E-state index in [2.05, 4.69) is 18.7 Å². The van der Waals surface area contributed by atoms with Crippen LogP contribution in [0.5, 0.6) is 11.5 Å². The van der Waals surface area contributed by atoms with E-state index in [1.807, 2.05) is 0 Å². The van der Waals surface area contributed by atoms with Crippen LogP contribution in [0.25, 0.3) is 0 Å². The van der Waals surface area contributed by atoms with Gasteiger partial charge >= 0.3 is 0 Å². The standard InChI is InChI=1S/C19H29ClN2O4/c1-14(2)4-11-26-18-16(20)12-15(13-17(18)25-3)19(24)22-7-5-21(6-8-22)9-10-23/h12-14,23H,4-11H2,1-3H3. The Hall–Kier alpha value is -1.50. The highest BCUT2D eigenvalue weighted by Gasteiger charge is 2.24. The van der Waals surface area contributed by atoms with Crippen molar-refractivity contribution in [1.29, 1.82) is 0 Å². The average molecular weight is 385 g/mol. The molecule has 0 atom stereocenters. The summed E-state index contributed by atoms with van der Waals surface area (Å²) in [5, 5.41) is 9.40. The summed E-state index contributed by atoms with van der Waals surface area (Å²) in [4.78, 5) is 16.7. The van der Waals surface area contributed by atoms with Gasteiger partial charge in [0.05, 0.1) is 25.3 Å². The fourth-order valence-corrected chi connectivity index (χ4v) is 3.14. The summed E-state index contributed by atoms with van der Waals surface area (Å²) in [6.07, 6.45) is 0.915. The number of methoxy groups -OCH3 is 1. The third-order valence-corrected chi connectivity index (χ3v) is 4.77. The zero-order valence-electron chi connectivity index (χ0n) is 15.8. The van der Waals surface area contributed by atoms with E-state index >= 15 is 0 Å². The number of carbonyl (C=O) groups is 1. The molecule has 1 aliphatic rings. The molecule has 6 nitrogen and oxygen atoms in total. The van der Waals surface area contributed by atoms with Gasteiger partial charge in [0.25, 0.3) is 5.91 Å². The highest BCUT2D eigenvalue weighted by atomic mass is 35.5. The Bertz CT molecular complexity index is 601. The molecule has 1 heterocycles. The van der Waals surface area contributed by atoms with Crippen molar-refractivity contribution in [1.82, 2.24) is 9.80 Å². The van der Waals surface area contributed by atoms with Gasteiger partial charge in [-0.3, -0.25) is 9.69 Å². The number of nitrogens with zero attached hydrogens (tertiary/aromatic N) is 2. The lowest BCUT2D eigenvalue weighted by Crippen LogP contribution is -2.49. The molecule has 1 fully saturated rings. The van der Waals surface area contributed by atoms with E-state index in [-0.39, 0.29) is 12.5 Å². The van der Waals surface area contributed by atoms with Crippen molar-refractivity contribution in [2.75, 3.05) is 53.0 Å². The molecular weight excluding hydrogens is 356 g/mol. The second-order valence-corrected chi connectivity index (χ2v) is 7.29. The van der Waals surface area contributed by atoms with Crippen LogP contribution in [0.1, 0.15) is 30.6 Å². The molecule has 1 N–H and O–H groups in total. The number of hydrogen-bond donors (Lipinski definition) is 1. The van der Waals surface area contributed by atoms with Crippen LogP contribution in [0.3, 0.4) is 0 Å². The zero-order valence-corrected chi connectivity index (χ0v) is 16.6. The first-order valence-electron chi connectivity index (χ1n) is 9.09. The van der Waals surface area contributed by atoms with E-state index in [9.17, 15) is 4.79 Å². The van der Waals surface area contributed by atoms with Gasteiger partial charge in [-0.1, -0.05) is 25.4 Å². The smallest absolute Gasteiger partial charge is 0.254 e. The highest BCUT2D eigenvalue weighted by molar-refractivity contribution is 6.32. The number of β-amino-alcohol motifs (C(OH)–C–C–N with tert-alkyl or cyclic N) is 1. The minimum Gasteiger partial charge on any atom is -0.493 e. The Morgan fingerprint density at radius 3 is 2.54 bits per heavy atom. The fourth-order valence-electron chi connectivity index (χ4n) is 2.88. The van der Waals surface area contributed by atoms with Gasteiger partial charge in [0.15, 0.2) is 11.5 Å². The number of benzene rings is 1. The third-order valence-electron chi connectivity index (χ3n) is 4.49. The summed E-state index contributed by atoms with van der Waals surface area (Å²) in [7, 11) is 1.54. The number of aliphatic hydroxyl groups excluding tert-OH is 1. The second kappa shape index (κ2) is 10.00. The van der Waals surface area contributed by atoms with Crippen LogP contribution >= 0.6 is 11.6 Å². The third kappa shape index (κ3) is 5.50. The van der Waals surface area contributed by atoms with Crippen LogP contribution in [0.2, 0.25) is 5.02 Å². The first-order chi connectivity index (χ1) is 12.5. The van der Waals surface area contributed by atoms with Crippen LogP contribution < -0.4 is 9.47 Å². The number of amides is 1. The van der Waals surface area contributed by atoms with Gasteiger partial charge in [-0.15, -0.1) is 0 Å². The number of halogens is 1. The van der Waals surface area contributed by atoms with Crippen molar-refractivity contribution in [2.45, 2.75) is 20.3 Å². The molecule has 0 unspecified atom stereocenters. The monoisotopic (exact) mass is 384 g/mol. The molecule has 1 aromatic rings. The summed E-state index contributed by atoms with van der Waals surface area (Å²) in [6.45, 7) is 8.36. The van der Waals surface area contributed by atoms with Crippen molar-refractivity contribution < 1.29 is 19.4 Å². The molecular formula is C19H29ClN2O4. The summed E-state index contributed by atoms with van der Waals surface area (Å²) >= 11 is 6.36. The Labute approximate surface area is 160 Å². The number of rotatable bonds is 8. The number of hydrogen-bond acceptors (Lipinski definition) is 5. The molecule has 0 aromatic heterocycles. The fraction of sp³-hybridized carbons (Fsp3) is 0.632. The molecule has 1 aliphatic heterocycles. The largest absolute Gasteiger partial charge is 0.493 e. The molecule has 1 saturated heterocycles. The normalized spacial score (nSPS) is 15.4. The number of piperazine rings is 1. The minimum absolute atomic E-state index is 0.0671. The first kappa shape index (κ1) is 20.8. The van der Waals surface area contributed by atoms with E-state index in [1.54, 1.807) is 24.1 Å². The Kier molecular flexibility index (Phi) is 8.00. The second-order valence-electron chi connectivity index (χ2n) is 6.88. The maximum atomic E-state index is 12.8. The zero-order chi connectivity index (χ0) is 19.1. The number of aliphatic hydroxyl groups is 1. The molecule has 1 amide bonds. The predicted octanol–water partition coefficient (Wildman–Crippen LogP) is 2.52. The molecule has 26 heavy (non-hydrogen) atoms.